The van der Waals surface area contributed by atoms with Gasteiger partial charge >= 0.3 is 0 Å². The molecule has 0 saturated heterocycles. The Hall–Kier alpha value is -2.23. The molecule has 0 bridgehead atoms. The summed E-state index contributed by atoms with van der Waals surface area (Å²) in [6.45, 7) is 1.52. The minimum atomic E-state index is -3.44. The first kappa shape index (κ1) is 19.1. The molecule has 8 nitrogen and oxygen atoms in total. The number of hydrogen-bond acceptors (Lipinski definition) is 5. The lowest BCUT2D eigenvalue weighted by molar-refractivity contribution is 0.0922. The van der Waals surface area contributed by atoms with Gasteiger partial charge in [-0.3, -0.25) is 9.48 Å². The van der Waals surface area contributed by atoms with Crippen LogP contribution in [-0.2, 0) is 40.1 Å². The summed E-state index contributed by atoms with van der Waals surface area (Å²) in [6.07, 6.45) is 2.68. The monoisotopic (exact) mass is 404 g/mol. The molecule has 1 aliphatic heterocycles. The van der Waals surface area contributed by atoms with Gasteiger partial charge in [0.05, 0.1) is 25.5 Å². The van der Waals surface area contributed by atoms with Crippen LogP contribution in [0.3, 0.4) is 0 Å². The van der Waals surface area contributed by atoms with Crippen molar-refractivity contribution >= 4 is 15.9 Å². The van der Waals surface area contributed by atoms with E-state index in [4.69, 9.17) is 4.74 Å². The number of sulfonamides is 1. The average Bonchev–Trinajstić information content (AvgIpc) is 3.41. The molecule has 0 unspecified atom stereocenters. The molecule has 2 heterocycles. The Bertz CT molecular complexity index is 952. The predicted molar refractivity (Wildman–Crippen MR) is 103 cm³/mol. The Morgan fingerprint density at radius 3 is 2.79 bits per heavy atom. The molecule has 150 valence electrons. The summed E-state index contributed by atoms with van der Waals surface area (Å²) in [4.78, 5) is 12.5. The third-order valence-corrected chi connectivity index (χ3v) is 6.23. The van der Waals surface area contributed by atoms with Gasteiger partial charge < -0.3 is 10.1 Å². The molecule has 1 aliphatic carbocycles. The lowest BCUT2D eigenvalue weighted by Gasteiger charge is -2.15. The second kappa shape index (κ2) is 8.02. The Morgan fingerprint density at radius 2 is 2.04 bits per heavy atom. The highest BCUT2D eigenvalue weighted by atomic mass is 32.2. The van der Waals surface area contributed by atoms with Crippen molar-refractivity contribution in [2.75, 3.05) is 13.2 Å². The number of carbonyl (C=O) groups excluding carboxylic acids is 1. The standard InChI is InChI=1S/C19H24N4O4S/c24-19(21-15-6-7-15)18-16-12-27-11-8-17(16)23(22-18)10-9-20-28(25,26)13-14-4-2-1-3-5-14/h1-5,15,20H,6-13H2,(H,21,24). The molecular formula is C19H24N4O4S. The van der Waals surface area contributed by atoms with Crippen molar-refractivity contribution < 1.29 is 17.9 Å². The molecule has 28 heavy (non-hydrogen) atoms. The molecule has 0 radical (unpaired) electrons. The molecule has 1 fully saturated rings. The summed E-state index contributed by atoms with van der Waals surface area (Å²) in [5, 5.41) is 7.43. The third-order valence-electron chi connectivity index (χ3n) is 4.87. The molecule has 4 rings (SSSR count). The van der Waals surface area contributed by atoms with E-state index >= 15 is 0 Å². The Balaban J connectivity index is 1.41. The molecule has 2 N–H and O–H groups in total. The van der Waals surface area contributed by atoms with Crippen molar-refractivity contribution in [3.8, 4) is 0 Å². The summed E-state index contributed by atoms with van der Waals surface area (Å²) < 4.78 is 34.5. The summed E-state index contributed by atoms with van der Waals surface area (Å²) in [5.41, 5.74) is 2.90. The van der Waals surface area contributed by atoms with E-state index in [1.54, 1.807) is 16.8 Å². The number of ether oxygens (including phenoxy) is 1. The molecule has 9 heteroatoms. The van der Waals surface area contributed by atoms with Crippen LogP contribution in [0.25, 0.3) is 0 Å². The number of rotatable bonds is 8. The van der Waals surface area contributed by atoms with Gasteiger partial charge in [-0.05, 0) is 18.4 Å². The number of nitrogens with zero attached hydrogens (tertiary/aromatic N) is 2. The first-order chi connectivity index (χ1) is 13.5. The first-order valence-electron chi connectivity index (χ1n) is 9.50. The number of hydrogen-bond donors (Lipinski definition) is 2. The van der Waals surface area contributed by atoms with E-state index in [9.17, 15) is 13.2 Å². The van der Waals surface area contributed by atoms with Gasteiger partial charge in [-0.2, -0.15) is 5.10 Å². The van der Waals surface area contributed by atoms with Crippen molar-refractivity contribution in [1.29, 1.82) is 0 Å². The van der Waals surface area contributed by atoms with Crippen LogP contribution in [0.2, 0.25) is 0 Å². The van der Waals surface area contributed by atoms with Crippen molar-refractivity contribution in [1.82, 2.24) is 19.8 Å². The molecule has 1 aromatic heterocycles. The third kappa shape index (κ3) is 4.60. The summed E-state index contributed by atoms with van der Waals surface area (Å²) in [7, 11) is -3.44. The normalized spacial score (nSPS) is 16.6. The van der Waals surface area contributed by atoms with E-state index in [1.165, 1.54) is 0 Å². The van der Waals surface area contributed by atoms with Crippen LogP contribution in [0.4, 0.5) is 0 Å². The molecule has 2 aromatic rings. The van der Waals surface area contributed by atoms with Crippen LogP contribution in [0, 0.1) is 0 Å². The van der Waals surface area contributed by atoms with Gasteiger partial charge in [0.1, 0.15) is 0 Å². The fourth-order valence-corrected chi connectivity index (χ4v) is 4.44. The second-order valence-electron chi connectivity index (χ2n) is 7.19. The molecule has 1 aromatic carbocycles. The Kier molecular flexibility index (Phi) is 5.47. The van der Waals surface area contributed by atoms with Crippen molar-refractivity contribution in [3.05, 3.63) is 52.8 Å². The minimum Gasteiger partial charge on any atom is -0.376 e. The van der Waals surface area contributed by atoms with Gasteiger partial charge in [0.25, 0.3) is 5.91 Å². The van der Waals surface area contributed by atoms with E-state index in [0.717, 1.165) is 29.7 Å². The lowest BCUT2D eigenvalue weighted by Crippen LogP contribution is -2.29. The van der Waals surface area contributed by atoms with Crippen LogP contribution >= 0.6 is 0 Å². The van der Waals surface area contributed by atoms with E-state index in [-0.39, 0.29) is 24.2 Å². The highest BCUT2D eigenvalue weighted by molar-refractivity contribution is 7.88. The SMILES string of the molecule is O=C(NC1CC1)c1nn(CCNS(=O)(=O)Cc2ccccc2)c2c1COCC2. The highest BCUT2D eigenvalue weighted by Gasteiger charge is 2.29. The zero-order chi connectivity index (χ0) is 19.6. The number of aromatic nitrogens is 2. The summed E-state index contributed by atoms with van der Waals surface area (Å²) in [5.74, 6) is -0.235. The maximum Gasteiger partial charge on any atom is 0.272 e. The van der Waals surface area contributed by atoms with Gasteiger partial charge in [-0.1, -0.05) is 30.3 Å². The van der Waals surface area contributed by atoms with E-state index in [2.05, 4.69) is 15.1 Å². The van der Waals surface area contributed by atoms with E-state index in [0.29, 0.717) is 31.9 Å². The molecule has 1 saturated carbocycles. The topological polar surface area (TPSA) is 102 Å². The fourth-order valence-electron chi connectivity index (χ4n) is 3.31. The molecule has 0 spiro atoms. The number of fused-ring (bicyclic) bond motifs is 1. The fraction of sp³-hybridized carbons (Fsp3) is 0.474. The zero-order valence-corrected chi connectivity index (χ0v) is 16.4. The maximum atomic E-state index is 12.5. The highest BCUT2D eigenvalue weighted by Crippen LogP contribution is 2.23. The summed E-state index contributed by atoms with van der Waals surface area (Å²) >= 11 is 0. The Morgan fingerprint density at radius 1 is 1.25 bits per heavy atom. The summed E-state index contributed by atoms with van der Waals surface area (Å²) in [6, 6.07) is 9.31. The van der Waals surface area contributed by atoms with E-state index < -0.39 is 10.0 Å². The van der Waals surface area contributed by atoms with Gasteiger partial charge in [0.2, 0.25) is 10.0 Å². The number of nitrogens with one attached hydrogen (secondary N) is 2. The Labute approximate surface area is 164 Å². The molecule has 2 aliphatic rings. The van der Waals surface area contributed by atoms with Gasteiger partial charge in [0, 0.05) is 30.3 Å². The number of amides is 1. The molecule has 1 amide bonds. The predicted octanol–water partition coefficient (Wildman–Crippen LogP) is 0.968. The quantitative estimate of drug-likeness (QED) is 0.683. The van der Waals surface area contributed by atoms with Gasteiger partial charge in [-0.15, -0.1) is 0 Å². The second-order valence-corrected chi connectivity index (χ2v) is 8.99. The smallest absolute Gasteiger partial charge is 0.272 e. The number of benzene rings is 1. The zero-order valence-electron chi connectivity index (χ0n) is 15.6. The van der Waals surface area contributed by atoms with Crippen molar-refractivity contribution in [2.45, 2.75) is 44.2 Å². The van der Waals surface area contributed by atoms with E-state index in [1.807, 2.05) is 18.2 Å². The van der Waals surface area contributed by atoms with Crippen LogP contribution in [-0.4, -0.2) is 43.3 Å². The van der Waals surface area contributed by atoms with Crippen LogP contribution in [0.15, 0.2) is 30.3 Å². The van der Waals surface area contributed by atoms with Gasteiger partial charge in [-0.25, -0.2) is 13.1 Å². The van der Waals surface area contributed by atoms with Crippen LogP contribution in [0.1, 0.15) is 40.2 Å². The average molecular weight is 404 g/mol. The lowest BCUT2D eigenvalue weighted by atomic mass is 10.1. The molecule has 0 atom stereocenters. The number of carbonyl (C=O) groups is 1. The largest absolute Gasteiger partial charge is 0.376 e. The minimum absolute atomic E-state index is 0.0616. The molecular weight excluding hydrogens is 380 g/mol. The van der Waals surface area contributed by atoms with Crippen LogP contribution in [0.5, 0.6) is 0 Å². The van der Waals surface area contributed by atoms with Crippen molar-refractivity contribution in [3.63, 3.8) is 0 Å². The maximum absolute atomic E-state index is 12.5. The van der Waals surface area contributed by atoms with Crippen LogP contribution < -0.4 is 10.0 Å². The van der Waals surface area contributed by atoms with Crippen molar-refractivity contribution in [2.24, 2.45) is 0 Å². The first-order valence-corrected chi connectivity index (χ1v) is 11.2. The van der Waals surface area contributed by atoms with Gasteiger partial charge in [0.15, 0.2) is 5.69 Å².